The van der Waals surface area contributed by atoms with Gasteiger partial charge in [-0.3, -0.25) is 9.48 Å². The van der Waals surface area contributed by atoms with E-state index in [1.54, 1.807) is 17.8 Å². The summed E-state index contributed by atoms with van der Waals surface area (Å²) in [7, 11) is 1.84. The van der Waals surface area contributed by atoms with Gasteiger partial charge in [0.15, 0.2) is 0 Å². The summed E-state index contributed by atoms with van der Waals surface area (Å²) in [6.45, 7) is 1.83. The van der Waals surface area contributed by atoms with Crippen LogP contribution >= 0.6 is 0 Å². The van der Waals surface area contributed by atoms with E-state index in [2.05, 4.69) is 5.10 Å². The number of carbonyl (C=O) groups is 1. The summed E-state index contributed by atoms with van der Waals surface area (Å²) in [6.07, 6.45) is 4.86. The van der Waals surface area contributed by atoms with Crippen LogP contribution < -0.4 is 5.73 Å². The van der Waals surface area contributed by atoms with Crippen molar-refractivity contribution in [1.29, 1.82) is 0 Å². The quantitative estimate of drug-likeness (QED) is 0.738. The third-order valence-corrected chi connectivity index (χ3v) is 2.69. The lowest BCUT2D eigenvalue weighted by Gasteiger charge is -2.21. The van der Waals surface area contributed by atoms with Gasteiger partial charge in [-0.25, -0.2) is 0 Å². The Morgan fingerprint density at radius 1 is 1.73 bits per heavy atom. The Kier molecular flexibility index (Phi) is 3.47. The standard InChI is InChI=1S/C10H17N3O2/c1-10(7-11,9(14)15)4-3-8-5-12-13(2)6-8/h5-6H,3-4,7,11H2,1-2H3,(H,14,15). The normalized spacial score (nSPS) is 14.9. The lowest BCUT2D eigenvalue weighted by atomic mass is 9.85. The topological polar surface area (TPSA) is 81.1 Å². The molecule has 1 aromatic rings. The van der Waals surface area contributed by atoms with Crippen molar-refractivity contribution in [3.8, 4) is 0 Å². The Labute approximate surface area is 88.9 Å². The van der Waals surface area contributed by atoms with Crippen molar-refractivity contribution in [2.75, 3.05) is 6.54 Å². The summed E-state index contributed by atoms with van der Waals surface area (Å²) in [5.41, 5.74) is 5.68. The number of aryl methyl sites for hydroxylation is 2. The zero-order valence-corrected chi connectivity index (χ0v) is 9.10. The lowest BCUT2D eigenvalue weighted by Crippen LogP contribution is -2.36. The monoisotopic (exact) mass is 211 g/mol. The fourth-order valence-electron chi connectivity index (χ4n) is 1.32. The molecule has 0 aliphatic rings. The Morgan fingerprint density at radius 2 is 2.40 bits per heavy atom. The first-order valence-corrected chi connectivity index (χ1v) is 4.89. The van der Waals surface area contributed by atoms with Crippen LogP contribution in [-0.4, -0.2) is 27.4 Å². The van der Waals surface area contributed by atoms with E-state index >= 15 is 0 Å². The van der Waals surface area contributed by atoms with Gasteiger partial charge in [-0.15, -0.1) is 0 Å². The molecule has 0 aromatic carbocycles. The van der Waals surface area contributed by atoms with Crippen LogP contribution in [0.15, 0.2) is 12.4 Å². The summed E-state index contributed by atoms with van der Waals surface area (Å²) in [5.74, 6) is -0.839. The molecule has 1 atom stereocenters. The van der Waals surface area contributed by atoms with Crippen molar-refractivity contribution in [3.05, 3.63) is 18.0 Å². The highest BCUT2D eigenvalue weighted by atomic mass is 16.4. The summed E-state index contributed by atoms with van der Waals surface area (Å²) in [4.78, 5) is 11.0. The highest BCUT2D eigenvalue weighted by Crippen LogP contribution is 2.22. The molecule has 5 nitrogen and oxygen atoms in total. The molecule has 1 unspecified atom stereocenters. The summed E-state index contributed by atoms with van der Waals surface area (Å²) >= 11 is 0. The van der Waals surface area contributed by atoms with Gasteiger partial charge in [0.1, 0.15) is 0 Å². The van der Waals surface area contributed by atoms with Crippen LogP contribution in [0.3, 0.4) is 0 Å². The first kappa shape index (κ1) is 11.7. The predicted octanol–water partition coefficient (Wildman–Crippen LogP) is 0.402. The van der Waals surface area contributed by atoms with Crippen LogP contribution in [0, 0.1) is 5.41 Å². The Balaban J connectivity index is 2.59. The minimum absolute atomic E-state index is 0.155. The Morgan fingerprint density at radius 3 is 2.80 bits per heavy atom. The van der Waals surface area contributed by atoms with Crippen molar-refractivity contribution in [1.82, 2.24) is 9.78 Å². The van der Waals surface area contributed by atoms with E-state index < -0.39 is 11.4 Å². The molecule has 0 spiro atoms. The van der Waals surface area contributed by atoms with Crippen LogP contribution in [0.2, 0.25) is 0 Å². The Hall–Kier alpha value is -1.36. The third-order valence-electron chi connectivity index (χ3n) is 2.69. The second-order valence-corrected chi connectivity index (χ2v) is 4.09. The Bertz CT molecular complexity index is 348. The fourth-order valence-corrected chi connectivity index (χ4v) is 1.32. The van der Waals surface area contributed by atoms with Crippen molar-refractivity contribution in [2.45, 2.75) is 19.8 Å². The van der Waals surface area contributed by atoms with Gasteiger partial charge in [0, 0.05) is 19.8 Å². The maximum atomic E-state index is 11.0. The number of carboxylic acids is 1. The molecule has 0 aliphatic heterocycles. The molecule has 1 rings (SSSR count). The number of carboxylic acid groups (broad SMARTS) is 1. The molecule has 3 N–H and O–H groups in total. The van der Waals surface area contributed by atoms with E-state index in [0.29, 0.717) is 12.8 Å². The molecule has 84 valence electrons. The zero-order valence-electron chi connectivity index (χ0n) is 9.10. The fraction of sp³-hybridized carbons (Fsp3) is 0.600. The van der Waals surface area contributed by atoms with E-state index in [1.165, 1.54) is 0 Å². The van der Waals surface area contributed by atoms with Crippen LogP contribution in [0.4, 0.5) is 0 Å². The maximum Gasteiger partial charge on any atom is 0.310 e. The lowest BCUT2D eigenvalue weighted by molar-refractivity contribution is -0.147. The first-order valence-electron chi connectivity index (χ1n) is 4.89. The zero-order chi connectivity index (χ0) is 11.5. The van der Waals surface area contributed by atoms with E-state index in [0.717, 1.165) is 5.56 Å². The molecule has 0 fully saturated rings. The molecule has 0 amide bonds. The highest BCUT2D eigenvalue weighted by Gasteiger charge is 2.30. The molecule has 0 saturated heterocycles. The molecule has 0 aliphatic carbocycles. The number of nitrogens with two attached hydrogens (primary N) is 1. The van der Waals surface area contributed by atoms with Crippen molar-refractivity contribution in [2.24, 2.45) is 18.2 Å². The van der Waals surface area contributed by atoms with Gasteiger partial charge in [0.05, 0.1) is 11.6 Å². The number of nitrogens with zero attached hydrogens (tertiary/aromatic N) is 2. The van der Waals surface area contributed by atoms with Crippen molar-refractivity contribution in [3.63, 3.8) is 0 Å². The molecular formula is C10H17N3O2. The number of aromatic nitrogens is 2. The maximum absolute atomic E-state index is 11.0. The molecule has 0 radical (unpaired) electrons. The molecular weight excluding hydrogens is 194 g/mol. The number of hydrogen-bond acceptors (Lipinski definition) is 3. The van der Waals surface area contributed by atoms with Gasteiger partial charge in [-0.2, -0.15) is 5.10 Å². The summed E-state index contributed by atoms with van der Waals surface area (Å²) in [6, 6.07) is 0. The van der Waals surface area contributed by atoms with Crippen LogP contribution in [0.25, 0.3) is 0 Å². The minimum atomic E-state index is -0.839. The summed E-state index contributed by atoms with van der Waals surface area (Å²) < 4.78 is 1.70. The molecule has 1 heterocycles. The van der Waals surface area contributed by atoms with E-state index in [9.17, 15) is 4.79 Å². The third kappa shape index (κ3) is 2.79. The number of aliphatic carboxylic acids is 1. The van der Waals surface area contributed by atoms with Gasteiger partial charge >= 0.3 is 5.97 Å². The average Bonchev–Trinajstić information content (AvgIpc) is 2.60. The second kappa shape index (κ2) is 4.44. The van der Waals surface area contributed by atoms with Gasteiger partial charge in [0.2, 0.25) is 0 Å². The summed E-state index contributed by atoms with van der Waals surface area (Å²) in [5, 5.41) is 13.0. The minimum Gasteiger partial charge on any atom is -0.481 e. The van der Waals surface area contributed by atoms with Gasteiger partial charge in [-0.1, -0.05) is 0 Å². The van der Waals surface area contributed by atoms with Crippen molar-refractivity contribution >= 4 is 5.97 Å². The van der Waals surface area contributed by atoms with Crippen LogP contribution in [0.1, 0.15) is 18.9 Å². The smallest absolute Gasteiger partial charge is 0.310 e. The molecule has 0 saturated carbocycles. The van der Waals surface area contributed by atoms with E-state index in [4.69, 9.17) is 10.8 Å². The largest absolute Gasteiger partial charge is 0.481 e. The molecule has 15 heavy (non-hydrogen) atoms. The first-order chi connectivity index (χ1) is 6.98. The van der Waals surface area contributed by atoms with Crippen molar-refractivity contribution < 1.29 is 9.90 Å². The molecule has 1 aromatic heterocycles. The van der Waals surface area contributed by atoms with Crippen LogP contribution in [0.5, 0.6) is 0 Å². The van der Waals surface area contributed by atoms with Gasteiger partial charge < -0.3 is 10.8 Å². The van der Waals surface area contributed by atoms with Crippen LogP contribution in [-0.2, 0) is 18.3 Å². The van der Waals surface area contributed by atoms with Gasteiger partial charge in [-0.05, 0) is 25.3 Å². The van der Waals surface area contributed by atoms with Gasteiger partial charge in [0.25, 0.3) is 0 Å². The van der Waals surface area contributed by atoms with E-state index in [-0.39, 0.29) is 6.54 Å². The molecule has 0 bridgehead atoms. The second-order valence-electron chi connectivity index (χ2n) is 4.09. The number of hydrogen-bond donors (Lipinski definition) is 2. The SMILES string of the molecule is Cn1cc(CCC(C)(CN)C(=O)O)cn1. The number of rotatable bonds is 5. The highest BCUT2D eigenvalue weighted by molar-refractivity contribution is 5.74. The average molecular weight is 211 g/mol. The predicted molar refractivity (Wildman–Crippen MR) is 56.3 cm³/mol. The van der Waals surface area contributed by atoms with E-state index in [1.807, 2.05) is 13.2 Å². The molecule has 5 heteroatoms.